The van der Waals surface area contributed by atoms with Crippen molar-refractivity contribution in [2.75, 3.05) is 0 Å². The Bertz CT molecular complexity index is 891. The van der Waals surface area contributed by atoms with Crippen LogP contribution in [0.2, 0.25) is 5.02 Å². The van der Waals surface area contributed by atoms with Gasteiger partial charge in [0.25, 0.3) is 0 Å². The molecular weight excluding hydrogens is 334 g/mol. The van der Waals surface area contributed by atoms with Crippen LogP contribution in [0.25, 0.3) is 5.69 Å². The van der Waals surface area contributed by atoms with Gasteiger partial charge in [-0.05, 0) is 41.7 Å². The van der Waals surface area contributed by atoms with Crippen molar-refractivity contribution in [1.82, 2.24) is 14.9 Å². The summed E-state index contributed by atoms with van der Waals surface area (Å²) in [5.41, 5.74) is 3.24. The van der Waals surface area contributed by atoms with E-state index >= 15 is 0 Å². The lowest BCUT2D eigenvalue weighted by Gasteiger charge is -2.11. The number of hydrogen-bond acceptors (Lipinski definition) is 2. The van der Waals surface area contributed by atoms with Gasteiger partial charge in [-0.3, -0.25) is 4.79 Å². The molecule has 0 unspecified atom stereocenters. The Labute approximate surface area is 151 Å². The number of carbonyl (C=O) groups is 1. The minimum absolute atomic E-state index is 0.0406. The molecule has 1 aliphatic rings. The van der Waals surface area contributed by atoms with Crippen LogP contribution in [0.1, 0.15) is 23.5 Å². The van der Waals surface area contributed by atoms with Gasteiger partial charge in [0.1, 0.15) is 0 Å². The van der Waals surface area contributed by atoms with E-state index in [4.69, 9.17) is 11.6 Å². The summed E-state index contributed by atoms with van der Waals surface area (Å²) in [6.45, 7) is 0.506. The molecule has 0 radical (unpaired) electrons. The Balaban J connectivity index is 1.41. The maximum Gasteiger partial charge on any atom is 0.224 e. The van der Waals surface area contributed by atoms with Crippen LogP contribution in [0.3, 0.4) is 0 Å². The quantitative estimate of drug-likeness (QED) is 0.756. The van der Waals surface area contributed by atoms with E-state index in [-0.39, 0.29) is 17.7 Å². The maximum atomic E-state index is 12.5. The second-order valence-electron chi connectivity index (χ2n) is 6.32. The standard InChI is InChI=1S/C20H18ClN3O/c21-16-6-3-5-14(10-16)17-11-18(17)20(25)23-12-15-4-1-2-7-19(15)24-9-8-22-13-24/h1-10,13,17-18H,11-12H2,(H,23,25)/t17-,18-/m0/s1. The molecule has 1 fully saturated rings. The van der Waals surface area contributed by atoms with Gasteiger partial charge in [-0.1, -0.05) is 41.9 Å². The molecular formula is C20H18ClN3O. The van der Waals surface area contributed by atoms with E-state index in [1.54, 1.807) is 12.5 Å². The summed E-state index contributed by atoms with van der Waals surface area (Å²) < 4.78 is 1.95. The van der Waals surface area contributed by atoms with Crippen LogP contribution in [0.5, 0.6) is 0 Å². The highest BCUT2D eigenvalue weighted by Gasteiger charge is 2.43. The first-order valence-electron chi connectivity index (χ1n) is 8.32. The molecule has 4 nitrogen and oxygen atoms in total. The number of aromatic nitrogens is 2. The lowest BCUT2D eigenvalue weighted by atomic mass is 10.1. The Hall–Kier alpha value is -2.59. The minimum atomic E-state index is 0.0406. The van der Waals surface area contributed by atoms with Gasteiger partial charge < -0.3 is 9.88 Å². The number of hydrogen-bond donors (Lipinski definition) is 1. The molecule has 0 spiro atoms. The molecule has 4 rings (SSSR count). The van der Waals surface area contributed by atoms with E-state index in [1.807, 2.05) is 59.3 Å². The highest BCUT2D eigenvalue weighted by molar-refractivity contribution is 6.30. The highest BCUT2D eigenvalue weighted by Crippen LogP contribution is 2.47. The number of para-hydroxylation sites is 1. The highest BCUT2D eigenvalue weighted by atomic mass is 35.5. The third-order valence-corrected chi connectivity index (χ3v) is 4.87. The molecule has 1 aliphatic carbocycles. The zero-order valence-corrected chi connectivity index (χ0v) is 14.4. The van der Waals surface area contributed by atoms with E-state index in [2.05, 4.69) is 10.3 Å². The topological polar surface area (TPSA) is 46.9 Å². The lowest BCUT2D eigenvalue weighted by molar-refractivity contribution is -0.122. The predicted molar refractivity (Wildman–Crippen MR) is 97.7 cm³/mol. The molecule has 1 saturated carbocycles. The normalized spacial score (nSPS) is 18.8. The number of carbonyl (C=O) groups excluding carboxylic acids is 1. The fraction of sp³-hybridized carbons (Fsp3) is 0.200. The second kappa shape index (κ2) is 6.73. The van der Waals surface area contributed by atoms with Crippen LogP contribution in [-0.4, -0.2) is 15.5 Å². The summed E-state index contributed by atoms with van der Waals surface area (Å²) >= 11 is 6.04. The predicted octanol–water partition coefficient (Wildman–Crippen LogP) is 3.95. The molecule has 3 aromatic rings. The van der Waals surface area contributed by atoms with E-state index in [9.17, 15) is 4.79 Å². The van der Waals surface area contributed by atoms with Crippen LogP contribution < -0.4 is 5.32 Å². The van der Waals surface area contributed by atoms with Crippen molar-refractivity contribution >= 4 is 17.5 Å². The fourth-order valence-corrected chi connectivity index (χ4v) is 3.42. The van der Waals surface area contributed by atoms with Gasteiger partial charge in [-0.2, -0.15) is 0 Å². The van der Waals surface area contributed by atoms with E-state index in [1.165, 1.54) is 0 Å². The van der Waals surface area contributed by atoms with Gasteiger partial charge in [0, 0.05) is 29.9 Å². The number of amides is 1. The summed E-state index contributed by atoms with van der Waals surface area (Å²) in [5.74, 6) is 0.423. The molecule has 2 atom stereocenters. The number of nitrogens with zero attached hydrogens (tertiary/aromatic N) is 2. The zero-order valence-electron chi connectivity index (χ0n) is 13.6. The summed E-state index contributed by atoms with van der Waals surface area (Å²) in [4.78, 5) is 16.6. The molecule has 126 valence electrons. The van der Waals surface area contributed by atoms with Gasteiger partial charge >= 0.3 is 0 Å². The molecule has 1 amide bonds. The molecule has 0 saturated heterocycles. The molecule has 1 N–H and O–H groups in total. The van der Waals surface area contributed by atoms with Crippen LogP contribution in [-0.2, 0) is 11.3 Å². The number of benzene rings is 2. The summed E-state index contributed by atoms with van der Waals surface area (Å²) in [6.07, 6.45) is 6.29. The smallest absolute Gasteiger partial charge is 0.224 e. The van der Waals surface area contributed by atoms with Crippen molar-refractivity contribution in [1.29, 1.82) is 0 Å². The second-order valence-corrected chi connectivity index (χ2v) is 6.76. The minimum Gasteiger partial charge on any atom is -0.352 e. The Morgan fingerprint density at radius 2 is 2.12 bits per heavy atom. The van der Waals surface area contributed by atoms with Gasteiger partial charge in [0.05, 0.1) is 12.0 Å². The average molecular weight is 352 g/mol. The van der Waals surface area contributed by atoms with E-state index in [0.29, 0.717) is 6.54 Å². The van der Waals surface area contributed by atoms with Gasteiger partial charge in [-0.15, -0.1) is 0 Å². The third-order valence-electron chi connectivity index (χ3n) is 4.63. The van der Waals surface area contributed by atoms with Crippen molar-refractivity contribution in [3.8, 4) is 5.69 Å². The first-order valence-corrected chi connectivity index (χ1v) is 8.69. The first kappa shape index (κ1) is 15.9. The summed E-state index contributed by atoms with van der Waals surface area (Å²) in [7, 11) is 0. The monoisotopic (exact) mass is 351 g/mol. The Morgan fingerprint density at radius 3 is 2.92 bits per heavy atom. The molecule has 0 bridgehead atoms. The van der Waals surface area contributed by atoms with Gasteiger partial charge in [0.2, 0.25) is 5.91 Å². The molecule has 2 aromatic carbocycles. The lowest BCUT2D eigenvalue weighted by Crippen LogP contribution is -2.25. The maximum absolute atomic E-state index is 12.5. The van der Waals surface area contributed by atoms with Crippen molar-refractivity contribution in [2.45, 2.75) is 18.9 Å². The third kappa shape index (κ3) is 3.44. The SMILES string of the molecule is O=C(NCc1ccccc1-n1ccnc1)[C@H]1C[C@H]1c1cccc(Cl)c1. The number of halogens is 1. The first-order chi connectivity index (χ1) is 12.2. The van der Waals surface area contributed by atoms with Crippen molar-refractivity contribution < 1.29 is 4.79 Å². The van der Waals surface area contributed by atoms with Crippen LogP contribution in [0.4, 0.5) is 0 Å². The van der Waals surface area contributed by atoms with E-state index in [0.717, 1.165) is 28.3 Å². The van der Waals surface area contributed by atoms with Crippen molar-refractivity contribution in [2.24, 2.45) is 5.92 Å². The Kier molecular flexibility index (Phi) is 4.28. The number of imidazole rings is 1. The van der Waals surface area contributed by atoms with Crippen molar-refractivity contribution in [3.05, 3.63) is 83.4 Å². The van der Waals surface area contributed by atoms with Crippen LogP contribution in [0.15, 0.2) is 67.3 Å². The van der Waals surface area contributed by atoms with Crippen LogP contribution in [0, 0.1) is 5.92 Å². The average Bonchev–Trinajstić information content (AvgIpc) is 3.25. The molecule has 25 heavy (non-hydrogen) atoms. The van der Waals surface area contributed by atoms with Gasteiger partial charge in [-0.25, -0.2) is 4.98 Å². The number of nitrogens with one attached hydrogen (secondary N) is 1. The number of rotatable bonds is 5. The van der Waals surface area contributed by atoms with Gasteiger partial charge in [0.15, 0.2) is 0 Å². The summed E-state index contributed by atoms with van der Waals surface area (Å²) in [6, 6.07) is 15.8. The molecule has 5 heteroatoms. The van der Waals surface area contributed by atoms with E-state index < -0.39 is 0 Å². The van der Waals surface area contributed by atoms with Crippen LogP contribution >= 0.6 is 11.6 Å². The zero-order chi connectivity index (χ0) is 17.2. The molecule has 1 heterocycles. The van der Waals surface area contributed by atoms with Crippen molar-refractivity contribution in [3.63, 3.8) is 0 Å². The molecule has 1 aromatic heterocycles. The fourth-order valence-electron chi connectivity index (χ4n) is 3.22. The Morgan fingerprint density at radius 1 is 1.24 bits per heavy atom. The largest absolute Gasteiger partial charge is 0.352 e. The summed E-state index contributed by atoms with van der Waals surface area (Å²) in [5, 5.41) is 3.79. The molecule has 0 aliphatic heterocycles.